The summed E-state index contributed by atoms with van der Waals surface area (Å²) < 4.78 is 0. The fraction of sp³-hybridized carbons (Fsp3) is 0. The maximum Gasteiger partial charge on any atom is 2.00 e. The van der Waals surface area contributed by atoms with Gasteiger partial charge in [-0.15, -0.1) is 0 Å². The number of hydrogen-bond acceptors (Lipinski definition) is 12. The molecule has 4 aliphatic rings. The van der Waals surface area contributed by atoms with Crippen LogP contribution in [0.15, 0.2) is 158 Å². The van der Waals surface area contributed by atoms with Crippen LogP contribution in [0.5, 0.6) is 0 Å². The topological polar surface area (TPSA) is 211 Å². The Bertz CT molecular complexity index is 4460. The molecule has 0 amide bonds. The van der Waals surface area contributed by atoms with Crippen molar-refractivity contribution in [3.05, 3.63) is 158 Å². The third-order valence-corrected chi connectivity index (χ3v) is 14.0. The average Bonchev–Trinajstić information content (AvgIpc) is 4.37. The number of benzene rings is 7. The molecule has 0 atom stereocenters. The summed E-state index contributed by atoms with van der Waals surface area (Å²) in [6.07, 6.45) is 0. The monoisotopic (exact) mass is 1060 g/mol. The zero-order valence-electron chi connectivity index (χ0n) is 38.9. The maximum atomic E-state index is 5.26. The number of fused-ring (bicyclic) bond motifs is 40. The van der Waals surface area contributed by atoms with Crippen LogP contribution in [0.1, 0.15) is 0 Å². The first kappa shape index (κ1) is 43.8. The number of rotatable bonds is 0. The Morgan fingerprint density at radius 3 is 0.526 bits per heavy atom. The van der Waals surface area contributed by atoms with Gasteiger partial charge in [0.1, 0.15) is 0 Å². The van der Waals surface area contributed by atoms with Gasteiger partial charge in [0.2, 0.25) is 0 Å². The van der Waals surface area contributed by atoms with Gasteiger partial charge in [0.15, 0.2) is 0 Å². The summed E-state index contributed by atoms with van der Waals surface area (Å²) in [7, 11) is 0. The van der Waals surface area contributed by atoms with Crippen LogP contribution in [0.25, 0.3) is 179 Å². The van der Waals surface area contributed by atoms with E-state index in [1.54, 1.807) is 0 Å². The molecule has 0 aliphatic carbocycles. The molecular formula is C58H26Mn2N16. The largest absolute Gasteiger partial charge is 2.00 e. The number of aromatic nitrogens is 16. The Morgan fingerprint density at radius 1 is 0.184 bits per heavy atom. The van der Waals surface area contributed by atoms with Gasteiger partial charge in [-0.3, -0.25) is 0 Å². The SMILES string of the molecule is [Mn+2].[Mn+2].c1ccc2c(c1)-c1nc-2nc2[n-]c(nc3nc(nc4[n-]c(n1)c1ccccc41)-c1ccccc1-3)c1cc3c4nc5nc(nc6[n-]c(nc7nc(nc([n-]4)c3cc21)-c1ccccc1-7)c1ccccc61)-c1ccccc1-5. The van der Waals surface area contributed by atoms with Crippen LogP contribution in [0.4, 0.5) is 0 Å². The molecule has 0 saturated carbocycles. The van der Waals surface area contributed by atoms with Crippen molar-refractivity contribution in [1.29, 1.82) is 0 Å². The molecule has 2 radical (unpaired) electrons. The molecule has 13 aromatic rings. The van der Waals surface area contributed by atoms with Crippen LogP contribution in [-0.4, -0.2) is 59.8 Å². The van der Waals surface area contributed by atoms with Crippen LogP contribution >= 0.6 is 0 Å². The van der Waals surface area contributed by atoms with E-state index in [4.69, 9.17) is 79.7 Å². The molecule has 6 aromatic heterocycles. The first-order chi connectivity index (χ1) is 36.6. The molecule has 18 heteroatoms. The van der Waals surface area contributed by atoms with Gasteiger partial charge in [-0.05, 0) is 55.2 Å². The smallest absolute Gasteiger partial charge is 0.357 e. The van der Waals surface area contributed by atoms with E-state index in [1.807, 2.05) is 158 Å². The van der Waals surface area contributed by atoms with Crippen LogP contribution in [0.2, 0.25) is 0 Å². The minimum Gasteiger partial charge on any atom is -0.357 e. The van der Waals surface area contributed by atoms with Crippen molar-refractivity contribution in [2.24, 2.45) is 0 Å². The van der Waals surface area contributed by atoms with Crippen molar-refractivity contribution in [2.75, 3.05) is 0 Å². The van der Waals surface area contributed by atoms with Gasteiger partial charge in [0.05, 0.1) is 46.6 Å². The number of nitrogens with zero attached hydrogens (tertiary/aromatic N) is 16. The van der Waals surface area contributed by atoms with E-state index < -0.39 is 0 Å². The molecule has 10 heterocycles. The van der Waals surface area contributed by atoms with Crippen LogP contribution in [0.3, 0.4) is 0 Å². The van der Waals surface area contributed by atoms with Crippen molar-refractivity contribution in [3.63, 3.8) is 0 Å². The summed E-state index contributed by atoms with van der Waals surface area (Å²) in [5.41, 5.74) is 9.94. The zero-order valence-corrected chi connectivity index (χ0v) is 41.3. The van der Waals surface area contributed by atoms with E-state index in [0.29, 0.717) is 113 Å². The standard InChI is InChI=1S/C58H26N16.2Mn/c1-2-14-28-27(13-1)43-59-44(28)62-48-32-18-6-10-22-36(32)52(66-48)70-56-40-26-42-41(25-39(40)55(73-56)69-51-35-21-9-5-17-31(35)47(61-43)65-51)57-71-53-37-23-11-7-19-33(37)49(67-53)63-45-29-15-3-4-16-30(29)46(60-45)64-50-34-20-8-12-24-38(34)54(68-50)72-58(42)74-57;;/h1-26H;;/q-4;2*+2. The molecule has 0 spiro atoms. The second-order valence-corrected chi connectivity index (χ2v) is 18.2. The second kappa shape index (κ2) is 16.4. The van der Waals surface area contributed by atoms with Gasteiger partial charge in [0, 0.05) is 89.7 Å². The summed E-state index contributed by atoms with van der Waals surface area (Å²) in [6.45, 7) is 0. The maximum absolute atomic E-state index is 5.26. The van der Waals surface area contributed by atoms with Gasteiger partial charge in [-0.2, -0.15) is 0 Å². The quantitative estimate of drug-likeness (QED) is 0.129. The third kappa shape index (κ3) is 6.42. The van der Waals surface area contributed by atoms with Crippen molar-refractivity contribution in [2.45, 2.75) is 0 Å². The first-order valence-electron chi connectivity index (χ1n) is 23.8. The van der Waals surface area contributed by atoms with Crippen molar-refractivity contribution in [1.82, 2.24) is 79.7 Å². The van der Waals surface area contributed by atoms with E-state index in [-0.39, 0.29) is 34.1 Å². The molecule has 0 N–H and O–H groups in total. The van der Waals surface area contributed by atoms with Gasteiger partial charge in [-0.1, -0.05) is 146 Å². The molecule has 16 nitrogen and oxygen atoms in total. The molecule has 0 fully saturated rings. The molecular weight excluding hydrogens is 1030 g/mol. The van der Waals surface area contributed by atoms with Gasteiger partial charge in [0.25, 0.3) is 0 Å². The molecule has 4 aliphatic heterocycles. The van der Waals surface area contributed by atoms with Crippen molar-refractivity contribution < 1.29 is 34.1 Å². The average molecular weight is 1060 g/mol. The van der Waals surface area contributed by atoms with Gasteiger partial charge in [-0.25, -0.2) is 19.9 Å². The van der Waals surface area contributed by atoms with E-state index in [0.717, 1.165) is 66.1 Å². The van der Waals surface area contributed by atoms with Crippen LogP contribution in [-0.2, 0) is 34.1 Å². The number of hydrogen-bond donors (Lipinski definition) is 0. The first-order valence-corrected chi connectivity index (χ1v) is 23.8. The minimum absolute atomic E-state index is 0. The zero-order chi connectivity index (χ0) is 48.2. The Labute approximate surface area is 448 Å². The third-order valence-electron chi connectivity index (χ3n) is 14.0. The minimum atomic E-state index is 0. The molecule has 76 heavy (non-hydrogen) atoms. The molecule has 17 rings (SSSR count). The molecule has 7 aromatic carbocycles. The molecule has 0 unspecified atom stereocenters. The van der Waals surface area contributed by atoms with E-state index in [2.05, 4.69) is 0 Å². The normalized spacial score (nSPS) is 12.0. The van der Waals surface area contributed by atoms with Crippen molar-refractivity contribution in [3.8, 4) is 91.1 Å². The molecule has 352 valence electrons. The Morgan fingerprint density at radius 2 is 0.342 bits per heavy atom. The predicted octanol–water partition coefficient (Wildman–Crippen LogP) is 10.6. The Hall–Kier alpha value is -9.70. The van der Waals surface area contributed by atoms with Gasteiger partial charge >= 0.3 is 34.1 Å². The van der Waals surface area contributed by atoms with Crippen LogP contribution < -0.4 is 19.9 Å². The van der Waals surface area contributed by atoms with Crippen molar-refractivity contribution >= 4 is 88.3 Å². The summed E-state index contributed by atoms with van der Waals surface area (Å²) >= 11 is 0. The Balaban J connectivity index is 0.00000253. The van der Waals surface area contributed by atoms with E-state index >= 15 is 0 Å². The second-order valence-electron chi connectivity index (χ2n) is 18.2. The summed E-state index contributed by atoms with van der Waals surface area (Å²) in [5.74, 6) is 3.64. The summed E-state index contributed by atoms with van der Waals surface area (Å²) in [5, 5.41) is 6.08. The Kier molecular flexibility index (Phi) is 9.46. The molecule has 0 saturated heterocycles. The predicted molar refractivity (Wildman–Crippen MR) is 282 cm³/mol. The fourth-order valence-corrected chi connectivity index (χ4v) is 10.5. The molecule has 16 bridgehead atoms. The van der Waals surface area contributed by atoms with Gasteiger partial charge < -0.3 is 59.8 Å². The van der Waals surface area contributed by atoms with E-state index in [9.17, 15) is 0 Å². The summed E-state index contributed by atoms with van der Waals surface area (Å²) in [6, 6.07) is 51.5. The van der Waals surface area contributed by atoms with Crippen LogP contribution in [0, 0.1) is 0 Å². The fourth-order valence-electron chi connectivity index (χ4n) is 10.5. The van der Waals surface area contributed by atoms with E-state index in [1.165, 1.54) is 0 Å². The summed E-state index contributed by atoms with van der Waals surface area (Å²) in [4.78, 5) is 82.2.